The van der Waals surface area contributed by atoms with Crippen molar-refractivity contribution in [2.45, 2.75) is 32.7 Å². The Balaban J connectivity index is 1.45. The summed E-state index contributed by atoms with van der Waals surface area (Å²) in [6, 6.07) is 10.0. The lowest BCUT2D eigenvalue weighted by Gasteiger charge is -2.32. The first kappa shape index (κ1) is 18.9. The van der Waals surface area contributed by atoms with Crippen LogP contribution in [0.2, 0.25) is 0 Å². The molecule has 2 heterocycles. The van der Waals surface area contributed by atoms with Gasteiger partial charge < -0.3 is 4.90 Å². The van der Waals surface area contributed by atoms with Crippen LogP contribution in [0.3, 0.4) is 0 Å². The summed E-state index contributed by atoms with van der Waals surface area (Å²) in [5, 5.41) is 8.90. The highest BCUT2D eigenvalue weighted by molar-refractivity contribution is 5.78. The molecule has 2 aliphatic heterocycles. The standard InChI is InChI=1S/C21H30N4O/c1-18-7-11-25(12-8-18)21(26)17-24-10-2-9-23(13-14-24)16-20-5-3-19(15-22)4-6-20/h3-6,18H,2,7-14,16-17H2,1H3. The molecular weight excluding hydrogens is 324 g/mol. The smallest absolute Gasteiger partial charge is 0.236 e. The van der Waals surface area contributed by atoms with Crippen LogP contribution in [0, 0.1) is 17.2 Å². The van der Waals surface area contributed by atoms with Gasteiger partial charge in [-0.3, -0.25) is 14.6 Å². The van der Waals surface area contributed by atoms with Crippen molar-refractivity contribution in [1.82, 2.24) is 14.7 Å². The fourth-order valence-corrected chi connectivity index (χ4v) is 3.83. The van der Waals surface area contributed by atoms with Gasteiger partial charge in [-0.1, -0.05) is 19.1 Å². The quantitative estimate of drug-likeness (QED) is 0.833. The molecule has 26 heavy (non-hydrogen) atoms. The molecule has 2 saturated heterocycles. The van der Waals surface area contributed by atoms with E-state index >= 15 is 0 Å². The Bertz CT molecular complexity index is 628. The normalized spacial score (nSPS) is 20.5. The van der Waals surface area contributed by atoms with E-state index in [2.05, 4.69) is 27.7 Å². The third-order valence-corrected chi connectivity index (χ3v) is 5.67. The molecule has 140 valence electrons. The van der Waals surface area contributed by atoms with Gasteiger partial charge >= 0.3 is 0 Å². The van der Waals surface area contributed by atoms with Crippen LogP contribution in [0.15, 0.2) is 24.3 Å². The van der Waals surface area contributed by atoms with Crippen LogP contribution in [-0.4, -0.2) is 66.4 Å². The summed E-state index contributed by atoms with van der Waals surface area (Å²) in [5.74, 6) is 1.06. The molecule has 1 amide bonds. The average Bonchev–Trinajstić information content (AvgIpc) is 2.88. The summed E-state index contributed by atoms with van der Waals surface area (Å²) in [6.45, 7) is 9.62. The van der Waals surface area contributed by atoms with Crippen molar-refractivity contribution in [1.29, 1.82) is 5.26 Å². The Morgan fingerprint density at radius 2 is 1.69 bits per heavy atom. The van der Waals surface area contributed by atoms with Gasteiger partial charge in [-0.15, -0.1) is 0 Å². The molecule has 0 aliphatic carbocycles. The number of carbonyl (C=O) groups excluding carboxylic acids is 1. The molecule has 0 spiro atoms. The van der Waals surface area contributed by atoms with E-state index in [-0.39, 0.29) is 0 Å². The zero-order chi connectivity index (χ0) is 18.4. The van der Waals surface area contributed by atoms with Gasteiger partial charge in [0.2, 0.25) is 5.91 Å². The van der Waals surface area contributed by atoms with Crippen LogP contribution < -0.4 is 0 Å². The predicted octanol–water partition coefficient (Wildman–Crippen LogP) is 2.32. The lowest BCUT2D eigenvalue weighted by atomic mass is 9.99. The summed E-state index contributed by atoms with van der Waals surface area (Å²) in [6.07, 6.45) is 3.38. The van der Waals surface area contributed by atoms with E-state index in [1.807, 2.05) is 24.3 Å². The van der Waals surface area contributed by atoms with Gasteiger partial charge in [-0.2, -0.15) is 5.26 Å². The largest absolute Gasteiger partial charge is 0.342 e. The van der Waals surface area contributed by atoms with E-state index in [1.165, 1.54) is 5.56 Å². The lowest BCUT2D eigenvalue weighted by Crippen LogP contribution is -2.44. The molecule has 3 rings (SSSR count). The van der Waals surface area contributed by atoms with Crippen molar-refractivity contribution < 1.29 is 4.79 Å². The molecule has 5 nitrogen and oxygen atoms in total. The zero-order valence-corrected chi connectivity index (χ0v) is 15.9. The maximum atomic E-state index is 12.6. The van der Waals surface area contributed by atoms with Crippen molar-refractivity contribution >= 4 is 5.91 Å². The topological polar surface area (TPSA) is 50.6 Å². The van der Waals surface area contributed by atoms with E-state index in [0.717, 1.165) is 71.0 Å². The van der Waals surface area contributed by atoms with Gasteiger partial charge in [0.25, 0.3) is 0 Å². The maximum Gasteiger partial charge on any atom is 0.236 e. The number of amides is 1. The Hall–Kier alpha value is -1.90. The van der Waals surface area contributed by atoms with Crippen LogP contribution in [-0.2, 0) is 11.3 Å². The Morgan fingerprint density at radius 3 is 2.38 bits per heavy atom. The first-order valence-electron chi connectivity index (χ1n) is 9.85. The van der Waals surface area contributed by atoms with Crippen molar-refractivity contribution in [2.24, 2.45) is 5.92 Å². The predicted molar refractivity (Wildman–Crippen MR) is 102 cm³/mol. The van der Waals surface area contributed by atoms with Crippen molar-refractivity contribution in [3.63, 3.8) is 0 Å². The summed E-state index contributed by atoms with van der Waals surface area (Å²) >= 11 is 0. The molecule has 0 bridgehead atoms. The van der Waals surface area contributed by atoms with Crippen molar-refractivity contribution in [2.75, 3.05) is 45.8 Å². The molecule has 0 radical (unpaired) electrons. The minimum absolute atomic E-state index is 0.303. The summed E-state index contributed by atoms with van der Waals surface area (Å²) in [5.41, 5.74) is 1.96. The van der Waals surface area contributed by atoms with Crippen molar-refractivity contribution in [3.05, 3.63) is 35.4 Å². The van der Waals surface area contributed by atoms with Gasteiger partial charge in [0.15, 0.2) is 0 Å². The van der Waals surface area contributed by atoms with Crippen LogP contribution in [0.5, 0.6) is 0 Å². The highest BCUT2D eigenvalue weighted by Gasteiger charge is 2.23. The first-order chi connectivity index (χ1) is 12.6. The second kappa shape index (κ2) is 9.16. The van der Waals surface area contributed by atoms with E-state index in [9.17, 15) is 4.79 Å². The highest BCUT2D eigenvalue weighted by atomic mass is 16.2. The molecule has 0 atom stereocenters. The Labute approximate surface area is 157 Å². The molecule has 0 unspecified atom stereocenters. The summed E-state index contributed by atoms with van der Waals surface area (Å²) in [7, 11) is 0. The molecule has 0 N–H and O–H groups in total. The number of hydrogen-bond donors (Lipinski definition) is 0. The summed E-state index contributed by atoms with van der Waals surface area (Å²) in [4.78, 5) is 19.4. The SMILES string of the molecule is CC1CCN(C(=O)CN2CCCN(Cc3ccc(C#N)cc3)CC2)CC1. The average molecular weight is 354 g/mol. The monoisotopic (exact) mass is 354 g/mol. The minimum atomic E-state index is 0.303. The van der Waals surface area contributed by atoms with Crippen LogP contribution in [0.25, 0.3) is 0 Å². The Morgan fingerprint density at radius 1 is 1.04 bits per heavy atom. The van der Waals surface area contributed by atoms with Gasteiger partial charge in [0.05, 0.1) is 18.2 Å². The van der Waals surface area contributed by atoms with Crippen molar-refractivity contribution in [3.8, 4) is 6.07 Å². The van der Waals surface area contributed by atoms with E-state index < -0.39 is 0 Å². The van der Waals surface area contributed by atoms with Gasteiger partial charge in [-0.25, -0.2) is 0 Å². The van der Waals surface area contributed by atoms with Crippen LogP contribution >= 0.6 is 0 Å². The first-order valence-corrected chi connectivity index (χ1v) is 9.85. The number of benzene rings is 1. The Kier molecular flexibility index (Phi) is 6.65. The summed E-state index contributed by atoms with van der Waals surface area (Å²) < 4.78 is 0. The van der Waals surface area contributed by atoms with Gasteiger partial charge in [-0.05, 0) is 56.0 Å². The number of nitrogens with zero attached hydrogens (tertiary/aromatic N) is 4. The molecule has 0 saturated carbocycles. The minimum Gasteiger partial charge on any atom is -0.342 e. The van der Waals surface area contributed by atoms with E-state index in [0.29, 0.717) is 18.0 Å². The van der Waals surface area contributed by atoms with E-state index in [1.54, 1.807) is 0 Å². The third kappa shape index (κ3) is 5.30. The zero-order valence-electron chi connectivity index (χ0n) is 15.9. The molecule has 2 fully saturated rings. The number of carbonyl (C=O) groups is 1. The fourth-order valence-electron chi connectivity index (χ4n) is 3.83. The number of hydrogen-bond acceptors (Lipinski definition) is 4. The third-order valence-electron chi connectivity index (χ3n) is 5.67. The lowest BCUT2D eigenvalue weighted by molar-refractivity contribution is -0.133. The number of likely N-dealkylation sites (tertiary alicyclic amines) is 1. The fraction of sp³-hybridized carbons (Fsp3) is 0.619. The number of rotatable bonds is 4. The molecule has 1 aromatic rings. The van der Waals surface area contributed by atoms with E-state index in [4.69, 9.17) is 5.26 Å². The second-order valence-corrected chi connectivity index (χ2v) is 7.78. The van der Waals surface area contributed by atoms with Gasteiger partial charge in [0, 0.05) is 32.7 Å². The molecule has 0 aromatic heterocycles. The number of piperidine rings is 1. The van der Waals surface area contributed by atoms with Crippen LogP contribution in [0.1, 0.15) is 37.3 Å². The maximum absolute atomic E-state index is 12.6. The molecule has 1 aromatic carbocycles. The van der Waals surface area contributed by atoms with Crippen LogP contribution in [0.4, 0.5) is 0 Å². The second-order valence-electron chi connectivity index (χ2n) is 7.78. The number of nitriles is 1. The molecule has 5 heteroatoms. The molecule has 2 aliphatic rings. The highest BCUT2D eigenvalue weighted by Crippen LogP contribution is 2.16. The molecular formula is C21H30N4O. The van der Waals surface area contributed by atoms with Gasteiger partial charge in [0.1, 0.15) is 0 Å².